The highest BCUT2D eigenvalue weighted by Gasteiger charge is 2.34. The van der Waals surface area contributed by atoms with E-state index in [-0.39, 0.29) is 34.0 Å². The quantitative estimate of drug-likeness (QED) is 0.300. The molecule has 40 heavy (non-hydrogen) atoms. The van der Waals surface area contributed by atoms with Crippen LogP contribution in [0.15, 0.2) is 83.8 Å². The van der Waals surface area contributed by atoms with Crippen molar-refractivity contribution in [1.29, 1.82) is 0 Å². The average Bonchev–Trinajstić information content (AvgIpc) is 2.95. The second kappa shape index (κ2) is 14.2. The first-order chi connectivity index (χ1) is 19.1. The van der Waals surface area contributed by atoms with E-state index in [0.29, 0.717) is 18.7 Å². The molecule has 1 N–H and O–H groups in total. The zero-order valence-corrected chi connectivity index (χ0v) is 24.8. The standard InChI is InChI=1S/C30H36ClN3O5S/c1-5-27(30(36)32-19-22(2)3)33(20-23-15-17-24(39-4)18-16-23)29(35)21-34(28-14-10-9-13-26(28)31)40(37,38)25-11-7-6-8-12-25/h6-18,22,27H,5,19-21H2,1-4H3,(H,32,36). The van der Waals surface area contributed by atoms with Gasteiger partial charge in [-0.3, -0.25) is 13.9 Å². The van der Waals surface area contributed by atoms with E-state index in [1.165, 1.54) is 17.0 Å². The zero-order valence-electron chi connectivity index (χ0n) is 23.2. The van der Waals surface area contributed by atoms with Crippen molar-refractivity contribution in [3.05, 3.63) is 89.4 Å². The number of hydrogen-bond donors (Lipinski definition) is 1. The summed E-state index contributed by atoms with van der Waals surface area (Å²) in [4.78, 5) is 28.8. The van der Waals surface area contributed by atoms with Gasteiger partial charge in [-0.2, -0.15) is 0 Å². The zero-order chi connectivity index (χ0) is 29.3. The van der Waals surface area contributed by atoms with E-state index in [1.54, 1.807) is 61.7 Å². The minimum absolute atomic E-state index is 0.0196. The van der Waals surface area contributed by atoms with Gasteiger partial charge < -0.3 is 15.0 Å². The second-order valence-electron chi connectivity index (χ2n) is 9.71. The van der Waals surface area contributed by atoms with Crippen LogP contribution in [-0.2, 0) is 26.2 Å². The molecule has 214 valence electrons. The Kier molecular flexibility index (Phi) is 11.0. The van der Waals surface area contributed by atoms with E-state index in [1.807, 2.05) is 32.9 Å². The molecule has 1 atom stereocenters. The highest BCUT2D eigenvalue weighted by molar-refractivity contribution is 7.92. The van der Waals surface area contributed by atoms with Crippen molar-refractivity contribution in [3.8, 4) is 5.75 Å². The molecule has 1 unspecified atom stereocenters. The molecule has 0 saturated heterocycles. The summed E-state index contributed by atoms with van der Waals surface area (Å²) in [6.07, 6.45) is 0.337. The lowest BCUT2D eigenvalue weighted by atomic mass is 10.1. The first-order valence-electron chi connectivity index (χ1n) is 13.1. The van der Waals surface area contributed by atoms with Gasteiger partial charge in [-0.15, -0.1) is 0 Å². The van der Waals surface area contributed by atoms with Crippen LogP contribution in [-0.4, -0.2) is 51.4 Å². The van der Waals surface area contributed by atoms with Crippen LogP contribution in [0.3, 0.4) is 0 Å². The lowest BCUT2D eigenvalue weighted by Crippen LogP contribution is -2.52. The van der Waals surface area contributed by atoms with E-state index < -0.39 is 28.5 Å². The molecule has 3 aromatic rings. The Labute approximate surface area is 241 Å². The van der Waals surface area contributed by atoms with Crippen LogP contribution in [0, 0.1) is 5.92 Å². The third-order valence-corrected chi connectivity index (χ3v) is 8.41. The molecule has 0 fully saturated rings. The summed E-state index contributed by atoms with van der Waals surface area (Å²) in [5.74, 6) is 0.0381. The van der Waals surface area contributed by atoms with Gasteiger partial charge in [0.05, 0.1) is 22.7 Å². The number of sulfonamides is 1. The molecule has 0 aliphatic heterocycles. The Balaban J connectivity index is 2.04. The van der Waals surface area contributed by atoms with Gasteiger partial charge in [-0.05, 0) is 54.3 Å². The van der Waals surface area contributed by atoms with Crippen molar-refractivity contribution < 1.29 is 22.7 Å². The maximum absolute atomic E-state index is 14.1. The number of ether oxygens (including phenoxy) is 1. The number of methoxy groups -OCH3 is 1. The van der Waals surface area contributed by atoms with Gasteiger partial charge in [0.15, 0.2) is 0 Å². The van der Waals surface area contributed by atoms with Crippen molar-refractivity contribution in [1.82, 2.24) is 10.2 Å². The van der Waals surface area contributed by atoms with Crippen molar-refractivity contribution in [2.75, 3.05) is 24.5 Å². The molecule has 0 aliphatic carbocycles. The number of nitrogens with zero attached hydrogens (tertiary/aromatic N) is 2. The fourth-order valence-electron chi connectivity index (χ4n) is 4.16. The number of benzene rings is 3. The summed E-state index contributed by atoms with van der Waals surface area (Å²) in [5.41, 5.74) is 0.933. The minimum Gasteiger partial charge on any atom is -0.497 e. The highest BCUT2D eigenvalue weighted by Crippen LogP contribution is 2.31. The summed E-state index contributed by atoms with van der Waals surface area (Å²) < 4.78 is 33.9. The summed E-state index contributed by atoms with van der Waals surface area (Å²) >= 11 is 6.44. The van der Waals surface area contributed by atoms with Gasteiger partial charge in [-0.1, -0.05) is 74.8 Å². The number of amides is 2. The maximum Gasteiger partial charge on any atom is 0.264 e. The number of carbonyl (C=O) groups excluding carboxylic acids is 2. The summed E-state index contributed by atoms with van der Waals surface area (Å²) in [5, 5.41) is 3.10. The molecule has 0 spiro atoms. The monoisotopic (exact) mass is 585 g/mol. The number of nitrogens with one attached hydrogen (secondary N) is 1. The van der Waals surface area contributed by atoms with Crippen molar-refractivity contribution in [2.45, 2.75) is 44.7 Å². The third kappa shape index (κ3) is 7.76. The van der Waals surface area contributed by atoms with E-state index in [4.69, 9.17) is 16.3 Å². The number of halogens is 1. The minimum atomic E-state index is -4.18. The molecule has 8 nitrogen and oxygen atoms in total. The Hall–Kier alpha value is -3.56. The largest absolute Gasteiger partial charge is 0.497 e. The summed E-state index contributed by atoms with van der Waals surface area (Å²) in [7, 11) is -2.61. The van der Waals surface area contributed by atoms with Gasteiger partial charge >= 0.3 is 0 Å². The third-order valence-electron chi connectivity index (χ3n) is 6.31. The first kappa shape index (κ1) is 31.0. The Morgan fingerprint density at radius 2 is 1.57 bits per heavy atom. The molecule has 0 bridgehead atoms. The predicted molar refractivity (Wildman–Crippen MR) is 158 cm³/mol. The van der Waals surface area contributed by atoms with E-state index in [2.05, 4.69) is 5.32 Å². The van der Waals surface area contributed by atoms with Crippen LogP contribution in [0.1, 0.15) is 32.8 Å². The van der Waals surface area contributed by atoms with Crippen LogP contribution in [0.25, 0.3) is 0 Å². The van der Waals surface area contributed by atoms with Gasteiger partial charge in [-0.25, -0.2) is 8.42 Å². The summed E-state index contributed by atoms with van der Waals surface area (Å²) in [6.45, 7) is 5.78. The number of rotatable bonds is 13. The van der Waals surface area contributed by atoms with Gasteiger partial charge in [0.2, 0.25) is 11.8 Å². The Bertz CT molecular complexity index is 1380. The lowest BCUT2D eigenvalue weighted by molar-refractivity contribution is -0.140. The molecule has 3 rings (SSSR count). The molecular formula is C30H36ClN3O5S. The van der Waals surface area contributed by atoms with Crippen molar-refractivity contribution in [3.63, 3.8) is 0 Å². The molecule has 3 aromatic carbocycles. The normalized spacial score (nSPS) is 12.1. The smallest absolute Gasteiger partial charge is 0.264 e. The van der Waals surface area contributed by atoms with E-state index in [0.717, 1.165) is 9.87 Å². The molecule has 0 aliphatic rings. The Morgan fingerprint density at radius 3 is 2.15 bits per heavy atom. The highest BCUT2D eigenvalue weighted by atomic mass is 35.5. The molecule has 10 heteroatoms. The summed E-state index contributed by atoms with van der Waals surface area (Å²) in [6, 6.07) is 20.7. The van der Waals surface area contributed by atoms with Crippen LogP contribution in [0.2, 0.25) is 5.02 Å². The van der Waals surface area contributed by atoms with Gasteiger partial charge in [0.1, 0.15) is 18.3 Å². The molecule has 0 radical (unpaired) electrons. The van der Waals surface area contributed by atoms with Crippen LogP contribution >= 0.6 is 11.6 Å². The first-order valence-corrected chi connectivity index (χ1v) is 14.9. The fraction of sp³-hybridized carbons (Fsp3) is 0.333. The van der Waals surface area contributed by atoms with Crippen LogP contribution in [0.4, 0.5) is 5.69 Å². The van der Waals surface area contributed by atoms with Crippen molar-refractivity contribution >= 4 is 39.1 Å². The average molecular weight is 586 g/mol. The Morgan fingerprint density at radius 1 is 0.950 bits per heavy atom. The molecule has 0 saturated carbocycles. The van der Waals surface area contributed by atoms with Crippen LogP contribution in [0.5, 0.6) is 5.75 Å². The number of carbonyl (C=O) groups is 2. The van der Waals surface area contributed by atoms with Gasteiger partial charge in [0, 0.05) is 13.1 Å². The second-order valence-corrected chi connectivity index (χ2v) is 12.0. The molecular weight excluding hydrogens is 550 g/mol. The van der Waals surface area contributed by atoms with Gasteiger partial charge in [0.25, 0.3) is 10.0 Å². The van der Waals surface area contributed by atoms with Crippen molar-refractivity contribution in [2.24, 2.45) is 5.92 Å². The maximum atomic E-state index is 14.1. The molecule has 0 aromatic heterocycles. The topological polar surface area (TPSA) is 96.0 Å². The van der Waals surface area contributed by atoms with Crippen LogP contribution < -0.4 is 14.4 Å². The van der Waals surface area contributed by atoms with E-state index in [9.17, 15) is 18.0 Å². The predicted octanol–water partition coefficient (Wildman–Crippen LogP) is 5.12. The number of anilines is 1. The SMILES string of the molecule is CCC(C(=O)NCC(C)C)N(Cc1ccc(OC)cc1)C(=O)CN(c1ccccc1Cl)S(=O)(=O)c1ccccc1. The molecule has 2 amide bonds. The number of hydrogen-bond acceptors (Lipinski definition) is 5. The number of para-hydroxylation sites is 1. The fourth-order valence-corrected chi connectivity index (χ4v) is 5.90. The lowest BCUT2D eigenvalue weighted by Gasteiger charge is -2.33. The van der Waals surface area contributed by atoms with E-state index >= 15 is 0 Å². The molecule has 0 heterocycles.